The second kappa shape index (κ2) is 7.78. The van der Waals surface area contributed by atoms with Crippen LogP contribution in [0.25, 0.3) is 11.0 Å². The Bertz CT molecular complexity index is 916. The van der Waals surface area contributed by atoms with Crippen molar-refractivity contribution in [1.82, 2.24) is 18.4 Å². The lowest BCUT2D eigenvalue weighted by atomic mass is 9.97. The molecule has 10 heteroatoms. The Morgan fingerprint density at radius 3 is 2.81 bits per heavy atom. The first-order chi connectivity index (χ1) is 13.1. The molecule has 1 N–H and O–H groups in total. The van der Waals surface area contributed by atoms with Crippen LogP contribution in [0.2, 0.25) is 0 Å². The maximum Gasteiger partial charge on any atom is 0.245 e. The van der Waals surface area contributed by atoms with Crippen molar-refractivity contribution in [2.45, 2.75) is 36.7 Å². The Kier molecular flexibility index (Phi) is 5.40. The number of nitrogens with one attached hydrogen (secondary N) is 1. The Labute approximate surface area is 162 Å². The smallest absolute Gasteiger partial charge is 0.245 e. The number of fused-ring (bicyclic) bond motifs is 1. The molecule has 27 heavy (non-hydrogen) atoms. The standard InChI is InChI=1S/C17H22N4O4S2/c22-17(18-11-13-3-2-10-25-13)12-6-8-21(9-7-12)27(23,24)15-5-1-4-14-16(15)20-26-19-14/h1,4-5,12-13H,2-3,6-11H2,(H,18,22). The number of benzene rings is 1. The van der Waals surface area contributed by atoms with Crippen LogP contribution in [-0.4, -0.2) is 59.7 Å². The Morgan fingerprint density at radius 1 is 1.26 bits per heavy atom. The lowest BCUT2D eigenvalue weighted by molar-refractivity contribution is -0.126. The van der Waals surface area contributed by atoms with E-state index in [2.05, 4.69) is 14.1 Å². The van der Waals surface area contributed by atoms with Gasteiger partial charge in [-0.05, 0) is 37.8 Å². The summed E-state index contributed by atoms with van der Waals surface area (Å²) in [5.74, 6) is -0.164. The quantitative estimate of drug-likeness (QED) is 0.799. The number of sulfonamides is 1. The molecule has 1 aromatic heterocycles. The van der Waals surface area contributed by atoms with Gasteiger partial charge in [0.1, 0.15) is 15.9 Å². The normalized spacial score (nSPS) is 22.3. The molecular formula is C17H22N4O4S2. The summed E-state index contributed by atoms with van der Waals surface area (Å²) in [5.41, 5.74) is 1.00. The van der Waals surface area contributed by atoms with Gasteiger partial charge in [-0.2, -0.15) is 13.1 Å². The van der Waals surface area contributed by atoms with Crippen molar-refractivity contribution in [1.29, 1.82) is 0 Å². The maximum absolute atomic E-state index is 13.0. The lowest BCUT2D eigenvalue weighted by Gasteiger charge is -2.30. The molecule has 0 saturated carbocycles. The summed E-state index contributed by atoms with van der Waals surface area (Å²) in [4.78, 5) is 12.6. The Balaban J connectivity index is 1.38. The molecule has 4 rings (SSSR count). The van der Waals surface area contributed by atoms with E-state index in [9.17, 15) is 13.2 Å². The van der Waals surface area contributed by atoms with E-state index < -0.39 is 10.0 Å². The van der Waals surface area contributed by atoms with Crippen LogP contribution in [0.15, 0.2) is 23.1 Å². The molecule has 1 unspecified atom stereocenters. The van der Waals surface area contributed by atoms with Gasteiger partial charge in [-0.3, -0.25) is 4.79 Å². The minimum absolute atomic E-state index is 0.00616. The second-order valence-electron chi connectivity index (χ2n) is 6.95. The highest BCUT2D eigenvalue weighted by Crippen LogP contribution is 2.28. The number of carbonyl (C=O) groups is 1. The molecule has 0 aliphatic carbocycles. The molecule has 146 valence electrons. The van der Waals surface area contributed by atoms with Crippen LogP contribution in [0.1, 0.15) is 25.7 Å². The van der Waals surface area contributed by atoms with E-state index in [-0.39, 0.29) is 22.8 Å². The number of nitrogens with zero attached hydrogens (tertiary/aromatic N) is 3. The van der Waals surface area contributed by atoms with Gasteiger partial charge in [-0.1, -0.05) is 6.07 Å². The number of hydrogen-bond donors (Lipinski definition) is 1. The van der Waals surface area contributed by atoms with E-state index in [0.29, 0.717) is 43.5 Å². The second-order valence-corrected chi connectivity index (χ2v) is 9.38. The third kappa shape index (κ3) is 3.84. The number of carbonyl (C=O) groups excluding carboxylic acids is 1. The molecule has 2 aliphatic heterocycles. The Hall–Kier alpha value is -1.62. The van der Waals surface area contributed by atoms with Crippen LogP contribution in [0.4, 0.5) is 0 Å². The first kappa shape index (κ1) is 18.7. The predicted octanol–water partition coefficient (Wildman–Crippen LogP) is 1.39. The third-order valence-electron chi connectivity index (χ3n) is 5.22. The Morgan fingerprint density at radius 2 is 2.07 bits per heavy atom. The molecule has 0 spiro atoms. The summed E-state index contributed by atoms with van der Waals surface area (Å²) in [6.07, 6.45) is 3.16. The highest BCUT2D eigenvalue weighted by molar-refractivity contribution is 7.89. The SMILES string of the molecule is O=C(NCC1CCCO1)C1CCN(S(=O)(=O)c2cccc3nsnc23)CC1. The fourth-order valence-corrected chi connectivity index (χ4v) is 5.87. The monoisotopic (exact) mass is 410 g/mol. The van der Waals surface area contributed by atoms with Gasteiger partial charge in [0.25, 0.3) is 0 Å². The lowest BCUT2D eigenvalue weighted by Crippen LogP contribution is -2.44. The molecule has 1 amide bonds. The zero-order valence-electron chi connectivity index (χ0n) is 14.8. The topological polar surface area (TPSA) is 101 Å². The van der Waals surface area contributed by atoms with Crippen LogP contribution in [0.5, 0.6) is 0 Å². The molecule has 1 aromatic carbocycles. The number of piperidine rings is 1. The number of hydrogen-bond acceptors (Lipinski definition) is 7. The van der Waals surface area contributed by atoms with Crippen molar-refractivity contribution >= 4 is 38.7 Å². The first-order valence-electron chi connectivity index (χ1n) is 9.16. The van der Waals surface area contributed by atoms with E-state index >= 15 is 0 Å². The van der Waals surface area contributed by atoms with Crippen molar-refractivity contribution in [3.8, 4) is 0 Å². The van der Waals surface area contributed by atoms with Crippen LogP contribution in [0.3, 0.4) is 0 Å². The van der Waals surface area contributed by atoms with Crippen LogP contribution >= 0.6 is 11.7 Å². The van der Waals surface area contributed by atoms with Gasteiger partial charge in [0.2, 0.25) is 15.9 Å². The van der Waals surface area contributed by atoms with Crippen molar-refractivity contribution < 1.29 is 17.9 Å². The van der Waals surface area contributed by atoms with Crippen LogP contribution < -0.4 is 5.32 Å². The van der Waals surface area contributed by atoms with Crippen molar-refractivity contribution in [2.75, 3.05) is 26.2 Å². The minimum Gasteiger partial charge on any atom is -0.376 e. The van der Waals surface area contributed by atoms with Crippen molar-refractivity contribution in [2.24, 2.45) is 5.92 Å². The summed E-state index contributed by atoms with van der Waals surface area (Å²) in [6.45, 7) is 1.96. The number of ether oxygens (including phenoxy) is 1. The number of amides is 1. The molecule has 0 bridgehead atoms. The third-order valence-corrected chi connectivity index (χ3v) is 7.69. The van der Waals surface area contributed by atoms with Gasteiger partial charge in [0.15, 0.2) is 0 Å². The average Bonchev–Trinajstić information content (AvgIpc) is 3.37. The summed E-state index contributed by atoms with van der Waals surface area (Å²) >= 11 is 1.00. The van der Waals surface area contributed by atoms with E-state index in [0.717, 1.165) is 31.2 Å². The van der Waals surface area contributed by atoms with E-state index in [1.807, 2.05) is 0 Å². The molecular weight excluding hydrogens is 388 g/mol. The zero-order chi connectivity index (χ0) is 18.9. The minimum atomic E-state index is -3.65. The highest BCUT2D eigenvalue weighted by Gasteiger charge is 2.33. The number of rotatable bonds is 5. The summed E-state index contributed by atoms with van der Waals surface area (Å²) in [7, 11) is -3.65. The largest absolute Gasteiger partial charge is 0.376 e. The fraction of sp³-hybridized carbons (Fsp3) is 0.588. The van der Waals surface area contributed by atoms with Crippen molar-refractivity contribution in [3.63, 3.8) is 0 Å². The first-order valence-corrected chi connectivity index (χ1v) is 11.3. The van der Waals surface area contributed by atoms with E-state index in [1.165, 1.54) is 4.31 Å². The van der Waals surface area contributed by atoms with Gasteiger partial charge < -0.3 is 10.1 Å². The summed E-state index contributed by atoms with van der Waals surface area (Å²) in [5, 5.41) is 2.95. The van der Waals surface area contributed by atoms with E-state index in [4.69, 9.17) is 4.74 Å². The fourth-order valence-electron chi connectivity index (χ4n) is 3.65. The molecule has 2 fully saturated rings. The predicted molar refractivity (Wildman–Crippen MR) is 101 cm³/mol. The van der Waals surface area contributed by atoms with Gasteiger partial charge in [0.05, 0.1) is 17.8 Å². The molecule has 8 nitrogen and oxygen atoms in total. The molecule has 2 aliphatic rings. The summed E-state index contributed by atoms with van der Waals surface area (Å²) < 4.78 is 41.3. The molecule has 3 heterocycles. The van der Waals surface area contributed by atoms with Crippen LogP contribution in [-0.2, 0) is 19.6 Å². The van der Waals surface area contributed by atoms with Crippen LogP contribution in [0, 0.1) is 5.92 Å². The molecule has 1 atom stereocenters. The molecule has 0 radical (unpaired) electrons. The molecule has 2 aromatic rings. The maximum atomic E-state index is 13.0. The number of aromatic nitrogens is 2. The van der Waals surface area contributed by atoms with Gasteiger partial charge in [0, 0.05) is 32.2 Å². The van der Waals surface area contributed by atoms with E-state index in [1.54, 1.807) is 18.2 Å². The zero-order valence-corrected chi connectivity index (χ0v) is 16.5. The van der Waals surface area contributed by atoms with Gasteiger partial charge in [-0.25, -0.2) is 8.42 Å². The summed E-state index contributed by atoms with van der Waals surface area (Å²) in [6, 6.07) is 5.00. The molecule has 2 saturated heterocycles. The van der Waals surface area contributed by atoms with Gasteiger partial charge >= 0.3 is 0 Å². The van der Waals surface area contributed by atoms with Crippen molar-refractivity contribution in [3.05, 3.63) is 18.2 Å². The highest BCUT2D eigenvalue weighted by atomic mass is 32.2. The average molecular weight is 411 g/mol. The van der Waals surface area contributed by atoms with Gasteiger partial charge in [-0.15, -0.1) is 0 Å².